The lowest BCUT2D eigenvalue weighted by molar-refractivity contribution is 0.589. The molecule has 1 fully saturated rings. The molecule has 0 amide bonds. The summed E-state index contributed by atoms with van der Waals surface area (Å²) in [6.07, 6.45) is 0. The fraction of sp³-hybridized carbons (Fsp3) is 0.375. The first-order chi connectivity index (χ1) is 13.5. The summed E-state index contributed by atoms with van der Waals surface area (Å²) >= 11 is 0. The van der Waals surface area contributed by atoms with Gasteiger partial charge in [-0.1, -0.05) is 24.3 Å². The molecule has 0 spiro atoms. The van der Waals surface area contributed by atoms with Crippen LogP contribution in [0.3, 0.4) is 0 Å². The lowest BCUT2D eigenvalue weighted by atomic mass is 9.98. The minimum absolute atomic E-state index is 0.195. The number of hydrogen-bond acceptors (Lipinski definition) is 4. The van der Waals surface area contributed by atoms with E-state index < -0.39 is 0 Å². The topological polar surface area (TPSA) is 40.2 Å². The van der Waals surface area contributed by atoms with Crippen molar-refractivity contribution >= 4 is 22.3 Å². The molecule has 2 aromatic carbocycles. The molecule has 0 saturated carbocycles. The highest BCUT2D eigenvalue weighted by Crippen LogP contribution is 2.31. The maximum Gasteiger partial charge on any atom is 0.134 e. The van der Waals surface area contributed by atoms with Crippen molar-refractivity contribution in [3.8, 4) is 0 Å². The van der Waals surface area contributed by atoms with Crippen LogP contribution in [0.4, 0.5) is 11.5 Å². The van der Waals surface area contributed by atoms with E-state index in [1.165, 1.54) is 33.2 Å². The molecule has 2 heterocycles. The van der Waals surface area contributed by atoms with Crippen LogP contribution >= 0.6 is 0 Å². The van der Waals surface area contributed by atoms with E-state index in [2.05, 4.69) is 85.7 Å². The maximum absolute atomic E-state index is 4.86. The van der Waals surface area contributed by atoms with E-state index in [0.717, 1.165) is 37.7 Å². The summed E-state index contributed by atoms with van der Waals surface area (Å²) in [5, 5.41) is 9.56. The van der Waals surface area contributed by atoms with Gasteiger partial charge in [0.05, 0.1) is 6.04 Å². The van der Waals surface area contributed by atoms with Crippen LogP contribution in [0, 0.1) is 20.8 Å². The fourth-order valence-corrected chi connectivity index (χ4v) is 4.12. The number of fused-ring (bicyclic) bond motifs is 1. The first-order valence-corrected chi connectivity index (χ1v) is 10.2. The number of nitrogens with zero attached hydrogens (tertiary/aromatic N) is 2. The maximum atomic E-state index is 4.86. The summed E-state index contributed by atoms with van der Waals surface area (Å²) in [4.78, 5) is 7.32. The first-order valence-electron chi connectivity index (χ1n) is 10.2. The lowest BCUT2D eigenvalue weighted by Gasteiger charge is -2.30. The van der Waals surface area contributed by atoms with Gasteiger partial charge in [0.2, 0.25) is 0 Å². The molecule has 0 aliphatic carbocycles. The van der Waals surface area contributed by atoms with Gasteiger partial charge in [-0.2, -0.15) is 0 Å². The molecule has 1 aliphatic heterocycles. The molecular weight excluding hydrogens is 344 g/mol. The number of hydrogen-bond donors (Lipinski definition) is 2. The Labute approximate surface area is 168 Å². The molecule has 4 nitrogen and oxygen atoms in total. The predicted octanol–water partition coefficient (Wildman–Crippen LogP) is 4.74. The molecule has 3 aromatic rings. The second-order valence-electron chi connectivity index (χ2n) is 7.91. The minimum Gasteiger partial charge on any atom is -0.369 e. The molecule has 0 bridgehead atoms. The van der Waals surface area contributed by atoms with E-state index in [4.69, 9.17) is 4.98 Å². The van der Waals surface area contributed by atoms with Crippen molar-refractivity contribution in [3.63, 3.8) is 0 Å². The number of nitrogens with one attached hydrogen (secondary N) is 2. The number of benzene rings is 2. The first kappa shape index (κ1) is 18.8. The Hall–Kier alpha value is -2.59. The van der Waals surface area contributed by atoms with Crippen molar-refractivity contribution in [2.75, 3.05) is 36.4 Å². The Kier molecular flexibility index (Phi) is 5.23. The van der Waals surface area contributed by atoms with Crippen LogP contribution in [0.2, 0.25) is 0 Å². The van der Waals surface area contributed by atoms with Crippen molar-refractivity contribution in [3.05, 3.63) is 64.8 Å². The van der Waals surface area contributed by atoms with Gasteiger partial charge in [0.15, 0.2) is 0 Å². The van der Waals surface area contributed by atoms with Gasteiger partial charge in [-0.3, -0.25) is 0 Å². The smallest absolute Gasteiger partial charge is 0.134 e. The minimum atomic E-state index is 0.195. The standard InChI is InChI=1S/C24H30N4/c1-16-6-5-7-22(18(16)3)19(4)27-24-23-15-21(28-12-10-25-11-13-28)9-8-20(23)14-17(2)26-24/h5-9,14-15,19,25H,10-13H2,1-4H3,(H,26,27)/t19-/m1/s1. The average Bonchev–Trinajstić information content (AvgIpc) is 2.70. The normalized spacial score (nSPS) is 15.6. The summed E-state index contributed by atoms with van der Waals surface area (Å²) < 4.78 is 0. The van der Waals surface area contributed by atoms with Gasteiger partial charge in [0, 0.05) is 42.9 Å². The van der Waals surface area contributed by atoms with E-state index >= 15 is 0 Å². The quantitative estimate of drug-likeness (QED) is 0.692. The second kappa shape index (κ2) is 7.80. The van der Waals surface area contributed by atoms with Crippen LogP contribution in [0.1, 0.15) is 35.3 Å². The van der Waals surface area contributed by atoms with Gasteiger partial charge in [-0.15, -0.1) is 0 Å². The van der Waals surface area contributed by atoms with Crippen molar-refractivity contribution in [1.82, 2.24) is 10.3 Å². The van der Waals surface area contributed by atoms with Crippen LogP contribution in [0.5, 0.6) is 0 Å². The molecule has 4 heteroatoms. The number of aryl methyl sites for hydroxylation is 2. The molecule has 1 aromatic heterocycles. The zero-order chi connectivity index (χ0) is 19.7. The largest absolute Gasteiger partial charge is 0.369 e. The molecule has 28 heavy (non-hydrogen) atoms. The van der Waals surface area contributed by atoms with Crippen LogP contribution in [0.25, 0.3) is 10.8 Å². The van der Waals surface area contributed by atoms with Crippen molar-refractivity contribution in [1.29, 1.82) is 0 Å². The Morgan fingerprint density at radius 1 is 1.04 bits per heavy atom. The highest BCUT2D eigenvalue weighted by molar-refractivity contribution is 5.94. The number of anilines is 2. The van der Waals surface area contributed by atoms with Crippen molar-refractivity contribution in [2.45, 2.75) is 33.7 Å². The summed E-state index contributed by atoms with van der Waals surface area (Å²) in [5.41, 5.74) is 6.32. The Morgan fingerprint density at radius 3 is 2.61 bits per heavy atom. The highest BCUT2D eigenvalue weighted by Gasteiger charge is 2.15. The fourth-order valence-electron chi connectivity index (χ4n) is 4.12. The highest BCUT2D eigenvalue weighted by atomic mass is 15.2. The van der Waals surface area contributed by atoms with Crippen molar-refractivity contribution in [2.24, 2.45) is 0 Å². The van der Waals surface area contributed by atoms with Gasteiger partial charge in [-0.05, 0) is 68.0 Å². The SMILES string of the molecule is Cc1cc2ccc(N3CCNCC3)cc2c(N[C@H](C)c2cccc(C)c2C)n1. The summed E-state index contributed by atoms with van der Waals surface area (Å²) in [6, 6.07) is 15.7. The molecule has 1 aliphatic rings. The monoisotopic (exact) mass is 374 g/mol. The molecule has 1 saturated heterocycles. The predicted molar refractivity (Wildman–Crippen MR) is 120 cm³/mol. The summed E-state index contributed by atoms with van der Waals surface area (Å²) in [5.74, 6) is 0.973. The van der Waals surface area contributed by atoms with E-state index in [-0.39, 0.29) is 6.04 Å². The molecule has 0 radical (unpaired) electrons. The molecule has 0 unspecified atom stereocenters. The second-order valence-corrected chi connectivity index (χ2v) is 7.91. The van der Waals surface area contributed by atoms with E-state index in [1.54, 1.807) is 0 Å². The van der Waals surface area contributed by atoms with Crippen LogP contribution in [0.15, 0.2) is 42.5 Å². The zero-order valence-corrected chi connectivity index (χ0v) is 17.3. The van der Waals surface area contributed by atoms with Gasteiger partial charge in [-0.25, -0.2) is 4.98 Å². The van der Waals surface area contributed by atoms with Crippen LogP contribution in [-0.2, 0) is 0 Å². The Bertz CT molecular complexity index is 989. The van der Waals surface area contributed by atoms with Gasteiger partial charge in [0.1, 0.15) is 5.82 Å². The Morgan fingerprint density at radius 2 is 1.82 bits per heavy atom. The molecule has 2 N–H and O–H groups in total. The molecule has 4 rings (SSSR count). The van der Waals surface area contributed by atoms with E-state index in [1.807, 2.05) is 0 Å². The van der Waals surface area contributed by atoms with Crippen molar-refractivity contribution < 1.29 is 0 Å². The number of pyridine rings is 1. The molecule has 146 valence electrons. The van der Waals surface area contributed by atoms with E-state index in [0.29, 0.717) is 0 Å². The average molecular weight is 375 g/mol. The van der Waals surface area contributed by atoms with Gasteiger partial charge < -0.3 is 15.5 Å². The third kappa shape index (κ3) is 3.69. The number of aromatic nitrogens is 1. The number of rotatable bonds is 4. The third-order valence-electron chi connectivity index (χ3n) is 5.89. The van der Waals surface area contributed by atoms with Gasteiger partial charge >= 0.3 is 0 Å². The lowest BCUT2D eigenvalue weighted by Crippen LogP contribution is -2.43. The summed E-state index contributed by atoms with van der Waals surface area (Å²) in [7, 11) is 0. The van der Waals surface area contributed by atoms with E-state index in [9.17, 15) is 0 Å². The number of piperazine rings is 1. The van der Waals surface area contributed by atoms with Crippen LogP contribution < -0.4 is 15.5 Å². The molecular formula is C24H30N4. The van der Waals surface area contributed by atoms with Crippen LogP contribution in [-0.4, -0.2) is 31.2 Å². The summed E-state index contributed by atoms with van der Waals surface area (Å²) in [6.45, 7) is 12.8. The van der Waals surface area contributed by atoms with Gasteiger partial charge in [0.25, 0.3) is 0 Å². The zero-order valence-electron chi connectivity index (χ0n) is 17.3. The molecule has 1 atom stereocenters. The Balaban J connectivity index is 1.71. The third-order valence-corrected chi connectivity index (χ3v) is 5.89.